The number of piperidine rings is 1. The van der Waals surface area contributed by atoms with Crippen molar-refractivity contribution in [1.82, 2.24) is 19.8 Å². The van der Waals surface area contributed by atoms with Crippen LogP contribution in [0.5, 0.6) is 5.75 Å². The van der Waals surface area contributed by atoms with Gasteiger partial charge in [0.2, 0.25) is 5.76 Å². The number of likely N-dealkylation sites (tertiary alicyclic amines) is 1. The molecule has 0 radical (unpaired) electrons. The Kier molecular flexibility index (Phi) is 6.40. The zero-order valence-electron chi connectivity index (χ0n) is 19.3. The fourth-order valence-corrected chi connectivity index (χ4v) is 4.79. The van der Waals surface area contributed by atoms with Crippen LogP contribution in [0.2, 0.25) is 0 Å². The van der Waals surface area contributed by atoms with E-state index in [2.05, 4.69) is 27.0 Å². The fourth-order valence-electron chi connectivity index (χ4n) is 4.79. The average Bonchev–Trinajstić information content (AvgIpc) is 3.18. The van der Waals surface area contributed by atoms with E-state index in [1.54, 1.807) is 24.2 Å². The maximum Gasteiger partial charge on any atom is 0.291 e. The Morgan fingerprint density at radius 1 is 1.21 bits per heavy atom. The van der Waals surface area contributed by atoms with Crippen LogP contribution < -0.4 is 4.74 Å². The van der Waals surface area contributed by atoms with E-state index < -0.39 is 0 Å². The molecule has 34 heavy (non-hydrogen) atoms. The van der Waals surface area contributed by atoms with Crippen LogP contribution >= 0.6 is 0 Å². The van der Waals surface area contributed by atoms with Gasteiger partial charge in [0.25, 0.3) is 5.91 Å². The highest BCUT2D eigenvalue weighted by molar-refractivity contribution is 5.97. The molecule has 3 aromatic rings. The number of pyridine rings is 1. The van der Waals surface area contributed by atoms with E-state index in [0.29, 0.717) is 31.0 Å². The van der Waals surface area contributed by atoms with Crippen LogP contribution in [0.3, 0.4) is 0 Å². The molecule has 2 aromatic heterocycles. The van der Waals surface area contributed by atoms with Gasteiger partial charge in [0.05, 0.1) is 12.2 Å². The van der Waals surface area contributed by atoms with Gasteiger partial charge in [-0.3, -0.25) is 19.5 Å². The second-order valence-corrected chi connectivity index (χ2v) is 8.96. The predicted octanol–water partition coefficient (Wildman–Crippen LogP) is 3.51. The van der Waals surface area contributed by atoms with Crippen LogP contribution in [0.15, 0.2) is 53.5 Å². The standard InChI is InChI=1S/C26H28N4O4/c1-18-25(34-17-28-18)26(32)30-10-11-33-23-7-6-19(12-22(23)16-30)14-29-9-3-5-21(15-29)24(31)20-4-2-8-27-13-20/h2,4,6-8,12-13,17,21H,3,5,9-11,14-16H2,1H3. The van der Waals surface area contributed by atoms with Gasteiger partial charge in [0, 0.05) is 49.1 Å². The Labute approximate surface area is 198 Å². The molecule has 1 fully saturated rings. The van der Waals surface area contributed by atoms with Gasteiger partial charge in [0.15, 0.2) is 12.2 Å². The van der Waals surface area contributed by atoms with E-state index in [0.717, 1.165) is 49.4 Å². The molecule has 1 saturated heterocycles. The number of carbonyl (C=O) groups is 2. The van der Waals surface area contributed by atoms with Crippen LogP contribution in [-0.4, -0.2) is 57.7 Å². The molecule has 0 N–H and O–H groups in total. The molecule has 1 unspecified atom stereocenters. The first-order valence-corrected chi connectivity index (χ1v) is 11.7. The lowest BCUT2D eigenvalue weighted by Gasteiger charge is -2.32. The number of rotatable bonds is 5. The van der Waals surface area contributed by atoms with Crippen LogP contribution in [0.1, 0.15) is 50.6 Å². The predicted molar refractivity (Wildman–Crippen MR) is 124 cm³/mol. The van der Waals surface area contributed by atoms with Crippen molar-refractivity contribution in [3.8, 4) is 5.75 Å². The minimum atomic E-state index is -0.176. The zero-order chi connectivity index (χ0) is 23.5. The number of amides is 1. The second kappa shape index (κ2) is 9.77. The summed E-state index contributed by atoms with van der Waals surface area (Å²) in [4.78, 5) is 38.1. The van der Waals surface area contributed by atoms with Gasteiger partial charge in [-0.15, -0.1) is 0 Å². The monoisotopic (exact) mass is 460 g/mol. The minimum Gasteiger partial charge on any atom is -0.491 e. The molecule has 8 heteroatoms. The largest absolute Gasteiger partial charge is 0.491 e. The number of carbonyl (C=O) groups excluding carboxylic acids is 2. The molecule has 2 aliphatic heterocycles. The van der Waals surface area contributed by atoms with Gasteiger partial charge in [-0.1, -0.05) is 6.07 Å². The first kappa shape index (κ1) is 22.3. The number of Topliss-reactive ketones (excluding diaryl/α,β-unsaturated/α-hetero) is 1. The Balaban J connectivity index is 1.28. The van der Waals surface area contributed by atoms with Crippen molar-refractivity contribution in [3.05, 3.63) is 77.3 Å². The molecule has 4 heterocycles. The Bertz CT molecular complexity index is 1180. The van der Waals surface area contributed by atoms with Gasteiger partial charge in [-0.25, -0.2) is 4.98 Å². The Hall–Kier alpha value is -3.52. The van der Waals surface area contributed by atoms with Crippen molar-refractivity contribution >= 4 is 11.7 Å². The lowest BCUT2D eigenvalue weighted by Crippen LogP contribution is -2.38. The summed E-state index contributed by atoms with van der Waals surface area (Å²) in [6.45, 7) is 5.56. The third-order valence-electron chi connectivity index (χ3n) is 6.56. The second-order valence-electron chi connectivity index (χ2n) is 8.96. The smallest absolute Gasteiger partial charge is 0.291 e. The molecule has 176 valence electrons. The molecule has 5 rings (SSSR count). The Morgan fingerprint density at radius 3 is 2.91 bits per heavy atom. The normalized spacial score (nSPS) is 18.6. The summed E-state index contributed by atoms with van der Waals surface area (Å²) >= 11 is 0. The van der Waals surface area contributed by atoms with E-state index in [-0.39, 0.29) is 23.4 Å². The van der Waals surface area contributed by atoms with E-state index >= 15 is 0 Å². The number of aromatic nitrogens is 2. The molecular weight excluding hydrogens is 432 g/mol. The van der Waals surface area contributed by atoms with Gasteiger partial charge in [0.1, 0.15) is 12.4 Å². The van der Waals surface area contributed by atoms with Gasteiger partial charge in [-0.2, -0.15) is 0 Å². The number of benzene rings is 1. The van der Waals surface area contributed by atoms with Gasteiger partial charge in [-0.05, 0) is 56.1 Å². The van der Waals surface area contributed by atoms with Crippen LogP contribution in [0, 0.1) is 12.8 Å². The molecule has 1 aromatic carbocycles. The fraction of sp³-hybridized carbons (Fsp3) is 0.385. The van der Waals surface area contributed by atoms with Crippen molar-refractivity contribution in [2.75, 3.05) is 26.2 Å². The molecule has 2 aliphatic rings. The summed E-state index contributed by atoms with van der Waals surface area (Å²) in [5.74, 6) is 1.06. The van der Waals surface area contributed by atoms with E-state index in [4.69, 9.17) is 9.15 Å². The van der Waals surface area contributed by atoms with Crippen molar-refractivity contribution < 1.29 is 18.7 Å². The highest BCUT2D eigenvalue weighted by Crippen LogP contribution is 2.28. The molecule has 0 aliphatic carbocycles. The third-order valence-corrected chi connectivity index (χ3v) is 6.56. The molecule has 0 saturated carbocycles. The number of oxazole rings is 1. The Morgan fingerprint density at radius 2 is 2.12 bits per heavy atom. The van der Waals surface area contributed by atoms with Crippen molar-refractivity contribution in [2.24, 2.45) is 5.92 Å². The summed E-state index contributed by atoms with van der Waals surface area (Å²) in [6.07, 6.45) is 6.53. The number of nitrogens with zero attached hydrogens (tertiary/aromatic N) is 4. The first-order valence-electron chi connectivity index (χ1n) is 11.7. The molecule has 0 bridgehead atoms. The summed E-state index contributed by atoms with van der Waals surface area (Å²) in [5, 5.41) is 0. The number of hydrogen-bond donors (Lipinski definition) is 0. The van der Waals surface area contributed by atoms with Crippen LogP contribution in [0.4, 0.5) is 0 Å². The molecule has 8 nitrogen and oxygen atoms in total. The van der Waals surface area contributed by atoms with E-state index in [1.807, 2.05) is 18.2 Å². The molecule has 1 atom stereocenters. The lowest BCUT2D eigenvalue weighted by atomic mass is 9.90. The highest BCUT2D eigenvalue weighted by atomic mass is 16.5. The van der Waals surface area contributed by atoms with Crippen LogP contribution in [-0.2, 0) is 13.1 Å². The number of aryl methyl sites for hydroxylation is 1. The molecular formula is C26H28N4O4. The third kappa shape index (κ3) is 4.72. The average molecular weight is 461 g/mol. The summed E-state index contributed by atoms with van der Waals surface area (Å²) in [5.41, 5.74) is 3.38. The quantitative estimate of drug-likeness (QED) is 0.539. The number of ketones is 1. The number of hydrogen-bond acceptors (Lipinski definition) is 7. The SMILES string of the molecule is Cc1ncoc1C(=O)N1CCOc2ccc(CN3CCCC(C(=O)c4cccnc4)C3)cc2C1. The van der Waals surface area contributed by atoms with Gasteiger partial charge >= 0.3 is 0 Å². The minimum absolute atomic E-state index is 0.0135. The molecule has 0 spiro atoms. The van der Waals surface area contributed by atoms with Crippen molar-refractivity contribution in [1.29, 1.82) is 0 Å². The summed E-state index contributed by atoms with van der Waals surface area (Å²) in [7, 11) is 0. The lowest BCUT2D eigenvalue weighted by molar-refractivity contribution is 0.0700. The maximum absolute atomic E-state index is 13.0. The van der Waals surface area contributed by atoms with E-state index in [9.17, 15) is 9.59 Å². The topological polar surface area (TPSA) is 88.8 Å². The first-order chi connectivity index (χ1) is 16.6. The molecule has 1 amide bonds. The van der Waals surface area contributed by atoms with Crippen molar-refractivity contribution in [3.63, 3.8) is 0 Å². The highest BCUT2D eigenvalue weighted by Gasteiger charge is 2.28. The number of ether oxygens (including phenoxy) is 1. The number of fused-ring (bicyclic) bond motifs is 1. The van der Waals surface area contributed by atoms with Gasteiger partial charge < -0.3 is 14.1 Å². The van der Waals surface area contributed by atoms with Crippen LogP contribution in [0.25, 0.3) is 0 Å². The maximum atomic E-state index is 13.0. The zero-order valence-corrected chi connectivity index (χ0v) is 19.3. The summed E-state index contributed by atoms with van der Waals surface area (Å²) < 4.78 is 11.2. The van der Waals surface area contributed by atoms with Crippen molar-refractivity contribution in [2.45, 2.75) is 32.9 Å². The van der Waals surface area contributed by atoms with E-state index in [1.165, 1.54) is 6.39 Å². The summed E-state index contributed by atoms with van der Waals surface area (Å²) in [6, 6.07) is 9.82.